The van der Waals surface area contributed by atoms with Gasteiger partial charge in [-0.3, -0.25) is 34.8 Å². The average Bonchev–Trinajstić information content (AvgIpc) is 2.67. The number of carbonyl (C=O) groups is 2. The van der Waals surface area contributed by atoms with E-state index in [0.29, 0.717) is 17.1 Å². The highest BCUT2D eigenvalue weighted by Gasteiger charge is 2.30. The van der Waals surface area contributed by atoms with Crippen molar-refractivity contribution in [3.8, 4) is 0 Å². The van der Waals surface area contributed by atoms with Crippen LogP contribution in [-0.4, -0.2) is 42.0 Å². The summed E-state index contributed by atoms with van der Waals surface area (Å²) in [7, 11) is 0. The normalized spacial score (nSPS) is 10.8. The molecule has 13 heteroatoms. The summed E-state index contributed by atoms with van der Waals surface area (Å²) >= 11 is 5.98. The summed E-state index contributed by atoms with van der Waals surface area (Å²) in [4.78, 5) is 48.7. The van der Waals surface area contributed by atoms with Gasteiger partial charge >= 0.3 is 11.9 Å². The van der Waals surface area contributed by atoms with Crippen molar-refractivity contribution in [3.63, 3.8) is 0 Å². The van der Waals surface area contributed by atoms with Gasteiger partial charge in [0.05, 0.1) is 15.5 Å². The number of nitro groups is 2. The van der Waals surface area contributed by atoms with E-state index in [-0.39, 0.29) is 22.5 Å². The van der Waals surface area contributed by atoms with Crippen LogP contribution in [0.1, 0.15) is 50.4 Å². The van der Waals surface area contributed by atoms with Gasteiger partial charge in [-0.2, -0.15) is 0 Å². The molecule has 12 nitrogen and oxygen atoms in total. The molecule has 2 aromatic rings. The van der Waals surface area contributed by atoms with Gasteiger partial charge in [-0.25, -0.2) is 4.98 Å². The maximum absolute atomic E-state index is 11.0. The minimum Gasteiger partial charge on any atom is -0.480 e. The van der Waals surface area contributed by atoms with Crippen LogP contribution in [0.4, 0.5) is 11.4 Å². The number of pyridine rings is 2. The Balaban J connectivity index is 0.000000320. The van der Waals surface area contributed by atoms with Crippen molar-refractivity contribution in [2.24, 2.45) is 0 Å². The molecule has 0 aromatic carbocycles. The number of carboxylic acids is 2. The predicted molar refractivity (Wildman–Crippen MR) is 113 cm³/mol. The van der Waals surface area contributed by atoms with Crippen molar-refractivity contribution < 1.29 is 29.6 Å². The lowest BCUT2D eigenvalue weighted by Crippen LogP contribution is -2.22. The summed E-state index contributed by atoms with van der Waals surface area (Å²) in [6.45, 7) is 7.72. The van der Waals surface area contributed by atoms with Gasteiger partial charge in [-0.15, -0.1) is 0 Å². The molecule has 2 N–H and O–H groups in total. The van der Waals surface area contributed by atoms with E-state index in [2.05, 4.69) is 9.97 Å². The highest BCUT2D eigenvalue weighted by molar-refractivity contribution is 6.30. The Hall–Kier alpha value is -3.67. The molecule has 0 unspecified atom stereocenters. The molecule has 172 valence electrons. The number of halogens is 1. The van der Waals surface area contributed by atoms with E-state index < -0.39 is 27.7 Å². The molecule has 0 saturated carbocycles. The summed E-state index contributed by atoms with van der Waals surface area (Å²) in [6.07, 6.45) is 2.69. The molecule has 0 fully saturated rings. The highest BCUT2D eigenvalue weighted by atomic mass is 35.5. The Kier molecular flexibility index (Phi) is 8.71. The van der Waals surface area contributed by atoms with Crippen molar-refractivity contribution in [1.82, 2.24) is 9.97 Å². The van der Waals surface area contributed by atoms with Crippen molar-refractivity contribution >= 4 is 34.9 Å². The first kappa shape index (κ1) is 26.4. The van der Waals surface area contributed by atoms with Crippen molar-refractivity contribution in [3.05, 3.63) is 66.7 Å². The highest BCUT2D eigenvalue weighted by Crippen LogP contribution is 2.36. The van der Waals surface area contributed by atoms with Crippen LogP contribution in [0.15, 0.2) is 24.5 Å². The third-order valence-corrected chi connectivity index (χ3v) is 4.50. The van der Waals surface area contributed by atoms with Gasteiger partial charge < -0.3 is 10.2 Å². The standard InChI is InChI=1S/C11H15ClN2O2.C8H6N2O6/c1-5-7-9(11(2,3)4)8(14(15)16)6-13-10(7)12;11-7(12)6(8(13)14)5-2-1-4(3-9-5)10(15)16/h6H,5H2,1-4H3;1-3,6H,(H,11,12)(H,13,14). The molecule has 0 aliphatic heterocycles. The number of aliphatic carboxylic acids is 2. The van der Waals surface area contributed by atoms with Crippen LogP contribution in [0.3, 0.4) is 0 Å². The minimum atomic E-state index is -1.82. The zero-order chi connectivity index (χ0) is 24.8. The van der Waals surface area contributed by atoms with Crippen LogP contribution in [0.5, 0.6) is 0 Å². The van der Waals surface area contributed by atoms with Crippen molar-refractivity contribution in [2.45, 2.75) is 45.4 Å². The number of rotatable bonds is 6. The van der Waals surface area contributed by atoms with Crippen molar-refractivity contribution in [2.75, 3.05) is 0 Å². The fourth-order valence-electron chi connectivity index (χ4n) is 2.85. The smallest absolute Gasteiger partial charge is 0.324 e. The third-order valence-electron chi connectivity index (χ3n) is 4.18. The Morgan fingerprint density at radius 1 is 1.06 bits per heavy atom. The molecule has 32 heavy (non-hydrogen) atoms. The molecule has 0 saturated heterocycles. The Labute approximate surface area is 187 Å². The second-order valence-electron chi connectivity index (χ2n) is 7.46. The zero-order valence-electron chi connectivity index (χ0n) is 17.6. The first-order chi connectivity index (χ1) is 14.7. The van der Waals surface area contributed by atoms with Gasteiger partial charge in [0.1, 0.15) is 17.5 Å². The Morgan fingerprint density at radius 3 is 1.97 bits per heavy atom. The van der Waals surface area contributed by atoms with E-state index >= 15 is 0 Å². The fourth-order valence-corrected chi connectivity index (χ4v) is 3.13. The molecule has 0 amide bonds. The van der Waals surface area contributed by atoms with E-state index in [9.17, 15) is 29.8 Å². The van der Waals surface area contributed by atoms with Gasteiger partial charge in [-0.05, 0) is 23.5 Å². The molecular formula is C19H21ClN4O8. The largest absolute Gasteiger partial charge is 0.480 e. The maximum atomic E-state index is 11.0. The molecule has 0 atom stereocenters. The Morgan fingerprint density at radius 2 is 1.62 bits per heavy atom. The maximum Gasteiger partial charge on any atom is 0.324 e. The van der Waals surface area contributed by atoms with Gasteiger partial charge in [0.2, 0.25) is 0 Å². The predicted octanol–water partition coefficient (Wildman–Crippen LogP) is 3.75. The van der Waals surface area contributed by atoms with Crippen molar-refractivity contribution in [1.29, 1.82) is 0 Å². The molecule has 0 bridgehead atoms. The van der Waals surface area contributed by atoms with Gasteiger partial charge in [0, 0.05) is 11.6 Å². The molecule has 2 rings (SSSR count). The first-order valence-corrected chi connectivity index (χ1v) is 9.48. The first-order valence-electron chi connectivity index (χ1n) is 9.10. The molecule has 0 radical (unpaired) electrons. The van der Waals surface area contributed by atoms with Gasteiger partial charge in [-0.1, -0.05) is 39.3 Å². The van der Waals surface area contributed by atoms with E-state index in [1.165, 1.54) is 6.20 Å². The topological polar surface area (TPSA) is 187 Å². The zero-order valence-corrected chi connectivity index (χ0v) is 18.4. The molecular weight excluding hydrogens is 448 g/mol. The lowest BCUT2D eigenvalue weighted by molar-refractivity contribution is -0.386. The molecule has 0 spiro atoms. The number of hydrogen-bond donors (Lipinski definition) is 2. The lowest BCUT2D eigenvalue weighted by Gasteiger charge is -2.22. The van der Waals surface area contributed by atoms with Crippen LogP contribution in [0.2, 0.25) is 5.15 Å². The average molecular weight is 469 g/mol. The van der Waals surface area contributed by atoms with E-state index in [4.69, 9.17) is 21.8 Å². The number of aromatic nitrogens is 2. The molecule has 2 aromatic heterocycles. The van der Waals surface area contributed by atoms with Crippen LogP contribution in [0, 0.1) is 20.2 Å². The quantitative estimate of drug-likeness (QED) is 0.273. The Bertz CT molecular complexity index is 1020. The molecule has 0 aliphatic carbocycles. The van der Waals surface area contributed by atoms with E-state index in [1.807, 2.05) is 27.7 Å². The summed E-state index contributed by atoms with van der Waals surface area (Å²) in [5, 5.41) is 38.9. The number of hydrogen-bond acceptors (Lipinski definition) is 8. The van der Waals surface area contributed by atoms with Gasteiger partial charge in [0.25, 0.3) is 11.4 Å². The number of carboxylic acid groups (broad SMARTS) is 2. The monoisotopic (exact) mass is 468 g/mol. The van der Waals surface area contributed by atoms with Crippen LogP contribution < -0.4 is 0 Å². The van der Waals surface area contributed by atoms with E-state index in [0.717, 1.165) is 23.9 Å². The summed E-state index contributed by atoms with van der Waals surface area (Å²) in [6, 6.07) is 2.01. The molecule has 0 aliphatic rings. The minimum absolute atomic E-state index is 0.0498. The van der Waals surface area contributed by atoms with Gasteiger partial charge in [0.15, 0.2) is 5.92 Å². The van der Waals surface area contributed by atoms with Crippen LogP contribution >= 0.6 is 11.6 Å². The van der Waals surface area contributed by atoms with Crippen LogP contribution in [-0.2, 0) is 21.4 Å². The molecule has 2 heterocycles. The van der Waals surface area contributed by atoms with E-state index in [1.54, 1.807) is 0 Å². The van der Waals surface area contributed by atoms with Crippen LogP contribution in [0.25, 0.3) is 0 Å². The summed E-state index contributed by atoms with van der Waals surface area (Å²) < 4.78 is 0. The third kappa shape index (κ3) is 6.41. The SMILES string of the molecule is CCc1c(Cl)ncc([N+](=O)[O-])c1C(C)(C)C.O=C(O)C(C(=O)O)c1ccc([N+](=O)[O-])cn1. The fraction of sp³-hybridized carbons (Fsp3) is 0.368. The lowest BCUT2D eigenvalue weighted by atomic mass is 9.83. The summed E-state index contributed by atoms with van der Waals surface area (Å²) in [5.74, 6) is -4.97. The number of nitrogens with zero attached hydrogens (tertiary/aromatic N) is 4. The second kappa shape index (κ2) is 10.6. The summed E-state index contributed by atoms with van der Waals surface area (Å²) in [5.41, 5.74) is 0.585. The second-order valence-corrected chi connectivity index (χ2v) is 7.81.